The van der Waals surface area contributed by atoms with Gasteiger partial charge in [0.05, 0.1) is 12.1 Å². The van der Waals surface area contributed by atoms with E-state index in [-0.39, 0.29) is 12.1 Å². The summed E-state index contributed by atoms with van der Waals surface area (Å²) in [6.45, 7) is 4.94. The molecule has 0 aromatic heterocycles. The van der Waals surface area contributed by atoms with Crippen LogP contribution in [0.5, 0.6) is 0 Å². The molecule has 0 saturated carbocycles. The van der Waals surface area contributed by atoms with Gasteiger partial charge in [-0.25, -0.2) is 4.99 Å². The lowest BCUT2D eigenvalue weighted by molar-refractivity contribution is 0.295. The SMILES string of the molecule is CC[C@H](C)[C@H](N)C1=N[C@@H](Cc2ccccc2)CO1. The zero-order valence-corrected chi connectivity index (χ0v) is 11.2. The highest BCUT2D eigenvalue weighted by Crippen LogP contribution is 2.16. The fourth-order valence-electron chi connectivity index (χ4n) is 2.11. The van der Waals surface area contributed by atoms with Gasteiger partial charge in [-0.1, -0.05) is 50.6 Å². The number of aliphatic imine (C=N–C) groups is 1. The number of benzene rings is 1. The Hall–Kier alpha value is -1.35. The van der Waals surface area contributed by atoms with Crippen molar-refractivity contribution in [3.63, 3.8) is 0 Å². The number of hydrogen-bond acceptors (Lipinski definition) is 3. The average molecular weight is 246 g/mol. The molecule has 1 aliphatic rings. The lowest BCUT2D eigenvalue weighted by atomic mass is 10.00. The number of hydrogen-bond donors (Lipinski definition) is 1. The number of nitrogens with zero attached hydrogens (tertiary/aromatic N) is 1. The topological polar surface area (TPSA) is 47.6 Å². The molecule has 0 saturated heterocycles. The van der Waals surface area contributed by atoms with Crippen molar-refractivity contribution in [1.82, 2.24) is 0 Å². The zero-order chi connectivity index (χ0) is 13.0. The van der Waals surface area contributed by atoms with E-state index in [0.717, 1.165) is 18.7 Å². The van der Waals surface area contributed by atoms with Crippen molar-refractivity contribution in [2.24, 2.45) is 16.6 Å². The number of rotatable bonds is 5. The van der Waals surface area contributed by atoms with Crippen molar-refractivity contribution in [3.8, 4) is 0 Å². The smallest absolute Gasteiger partial charge is 0.201 e. The summed E-state index contributed by atoms with van der Waals surface area (Å²) in [5.41, 5.74) is 7.43. The van der Waals surface area contributed by atoms with E-state index in [4.69, 9.17) is 10.5 Å². The molecule has 0 radical (unpaired) electrons. The highest BCUT2D eigenvalue weighted by Gasteiger charge is 2.26. The lowest BCUT2D eigenvalue weighted by Crippen LogP contribution is -2.36. The molecule has 3 heteroatoms. The van der Waals surface area contributed by atoms with Gasteiger partial charge >= 0.3 is 0 Å². The van der Waals surface area contributed by atoms with Crippen LogP contribution in [-0.2, 0) is 11.2 Å². The van der Waals surface area contributed by atoms with Crippen LogP contribution in [0.25, 0.3) is 0 Å². The van der Waals surface area contributed by atoms with E-state index in [0.29, 0.717) is 12.5 Å². The standard InChI is InChI=1S/C15H22N2O/c1-3-11(2)14(16)15-17-13(10-18-15)9-12-7-5-4-6-8-12/h4-8,11,13-14H,3,9-10,16H2,1-2H3/t11-,13-,14-/m0/s1. The van der Waals surface area contributed by atoms with Crippen LogP contribution in [0.15, 0.2) is 35.3 Å². The summed E-state index contributed by atoms with van der Waals surface area (Å²) in [6.07, 6.45) is 1.98. The van der Waals surface area contributed by atoms with E-state index in [1.165, 1.54) is 5.56 Å². The Bertz CT molecular complexity index is 402. The van der Waals surface area contributed by atoms with Crippen LogP contribution in [-0.4, -0.2) is 24.6 Å². The van der Waals surface area contributed by atoms with Crippen molar-refractivity contribution >= 4 is 5.90 Å². The third-order valence-corrected chi connectivity index (χ3v) is 3.59. The first-order valence-corrected chi connectivity index (χ1v) is 6.70. The minimum atomic E-state index is -0.0595. The van der Waals surface area contributed by atoms with Crippen molar-refractivity contribution in [2.45, 2.75) is 38.8 Å². The molecule has 18 heavy (non-hydrogen) atoms. The molecule has 3 nitrogen and oxygen atoms in total. The maximum atomic E-state index is 6.13. The van der Waals surface area contributed by atoms with Gasteiger partial charge in [0, 0.05) is 0 Å². The summed E-state index contributed by atoms with van der Waals surface area (Å²) in [6, 6.07) is 10.6. The fourth-order valence-corrected chi connectivity index (χ4v) is 2.11. The van der Waals surface area contributed by atoms with Gasteiger partial charge in [-0.3, -0.25) is 0 Å². The summed E-state index contributed by atoms with van der Waals surface area (Å²) in [4.78, 5) is 4.62. The summed E-state index contributed by atoms with van der Waals surface area (Å²) in [7, 11) is 0. The largest absolute Gasteiger partial charge is 0.478 e. The first-order chi connectivity index (χ1) is 8.70. The van der Waals surface area contributed by atoms with Gasteiger partial charge < -0.3 is 10.5 Å². The molecule has 3 atom stereocenters. The van der Waals surface area contributed by atoms with Crippen LogP contribution in [0, 0.1) is 5.92 Å². The number of nitrogens with two attached hydrogens (primary N) is 1. The highest BCUT2D eigenvalue weighted by molar-refractivity contribution is 5.83. The molecular formula is C15H22N2O. The first kappa shape index (κ1) is 13.1. The van der Waals surface area contributed by atoms with Gasteiger partial charge in [0.1, 0.15) is 6.61 Å². The highest BCUT2D eigenvalue weighted by atomic mass is 16.5. The minimum absolute atomic E-state index is 0.0595. The Balaban J connectivity index is 1.96. The van der Waals surface area contributed by atoms with Gasteiger partial charge in [-0.05, 0) is 17.9 Å². The third-order valence-electron chi connectivity index (χ3n) is 3.59. The molecule has 0 fully saturated rings. The predicted molar refractivity (Wildman–Crippen MR) is 74.8 cm³/mol. The molecule has 1 heterocycles. The Kier molecular flexibility index (Phi) is 4.37. The van der Waals surface area contributed by atoms with Crippen LogP contribution < -0.4 is 5.73 Å². The van der Waals surface area contributed by atoms with E-state index in [9.17, 15) is 0 Å². The van der Waals surface area contributed by atoms with Crippen LogP contribution in [0.2, 0.25) is 0 Å². The first-order valence-electron chi connectivity index (χ1n) is 6.70. The second-order valence-electron chi connectivity index (χ2n) is 5.03. The molecule has 0 spiro atoms. The molecule has 0 unspecified atom stereocenters. The molecule has 0 amide bonds. The third kappa shape index (κ3) is 3.10. The zero-order valence-electron chi connectivity index (χ0n) is 11.2. The van der Waals surface area contributed by atoms with Crippen molar-refractivity contribution < 1.29 is 4.74 Å². The minimum Gasteiger partial charge on any atom is -0.478 e. The van der Waals surface area contributed by atoms with Crippen LogP contribution in [0.4, 0.5) is 0 Å². The van der Waals surface area contributed by atoms with Crippen LogP contribution in [0.3, 0.4) is 0 Å². The molecule has 2 rings (SSSR count). The molecule has 0 aliphatic carbocycles. The van der Waals surface area contributed by atoms with Crippen molar-refractivity contribution in [2.75, 3.05) is 6.61 Å². The molecule has 1 aromatic carbocycles. The summed E-state index contributed by atoms with van der Waals surface area (Å²) in [5.74, 6) is 1.16. The molecule has 0 bridgehead atoms. The molecular weight excluding hydrogens is 224 g/mol. The van der Waals surface area contributed by atoms with E-state index < -0.39 is 0 Å². The normalized spacial score (nSPS) is 22.2. The van der Waals surface area contributed by atoms with Crippen molar-refractivity contribution in [3.05, 3.63) is 35.9 Å². The van der Waals surface area contributed by atoms with Gasteiger partial charge in [0.2, 0.25) is 5.90 Å². The predicted octanol–water partition coefficient (Wildman–Crippen LogP) is 2.40. The average Bonchev–Trinajstić information content (AvgIpc) is 2.86. The van der Waals surface area contributed by atoms with E-state index in [1.54, 1.807) is 0 Å². The van der Waals surface area contributed by atoms with Gasteiger partial charge in [0.15, 0.2) is 0 Å². The second-order valence-corrected chi connectivity index (χ2v) is 5.03. The summed E-state index contributed by atoms with van der Waals surface area (Å²) < 4.78 is 5.65. The van der Waals surface area contributed by atoms with Crippen LogP contribution >= 0.6 is 0 Å². The van der Waals surface area contributed by atoms with Gasteiger partial charge in [0.25, 0.3) is 0 Å². The van der Waals surface area contributed by atoms with E-state index in [2.05, 4.69) is 43.1 Å². The Morgan fingerprint density at radius 2 is 2.11 bits per heavy atom. The summed E-state index contributed by atoms with van der Waals surface area (Å²) in [5, 5.41) is 0. The molecule has 98 valence electrons. The van der Waals surface area contributed by atoms with E-state index in [1.807, 2.05) is 6.07 Å². The Labute approximate surface area is 109 Å². The Morgan fingerprint density at radius 1 is 1.39 bits per heavy atom. The van der Waals surface area contributed by atoms with Gasteiger partial charge in [-0.15, -0.1) is 0 Å². The fraction of sp³-hybridized carbons (Fsp3) is 0.533. The quantitative estimate of drug-likeness (QED) is 0.867. The number of ether oxygens (including phenoxy) is 1. The maximum Gasteiger partial charge on any atom is 0.201 e. The monoisotopic (exact) mass is 246 g/mol. The summed E-state index contributed by atoms with van der Waals surface area (Å²) >= 11 is 0. The molecule has 1 aromatic rings. The van der Waals surface area contributed by atoms with Crippen molar-refractivity contribution in [1.29, 1.82) is 0 Å². The molecule has 2 N–H and O–H groups in total. The Morgan fingerprint density at radius 3 is 2.78 bits per heavy atom. The second kappa shape index (κ2) is 6.01. The van der Waals surface area contributed by atoms with Crippen LogP contribution in [0.1, 0.15) is 25.8 Å². The maximum absolute atomic E-state index is 6.13. The molecule has 1 aliphatic heterocycles. The van der Waals surface area contributed by atoms with E-state index >= 15 is 0 Å². The lowest BCUT2D eigenvalue weighted by Gasteiger charge is -2.17. The van der Waals surface area contributed by atoms with Gasteiger partial charge in [-0.2, -0.15) is 0 Å².